The van der Waals surface area contributed by atoms with Crippen LogP contribution in [0.4, 0.5) is 0 Å². The Kier molecular flexibility index (Phi) is 6.39. The summed E-state index contributed by atoms with van der Waals surface area (Å²) in [4.78, 5) is 15.0. The number of nitrogens with one attached hydrogen (secondary N) is 1. The molecule has 2 aromatic rings. The molecular formula is C22H31N3O3. The highest BCUT2D eigenvalue weighted by Gasteiger charge is 2.28. The van der Waals surface area contributed by atoms with E-state index < -0.39 is 0 Å². The van der Waals surface area contributed by atoms with Gasteiger partial charge in [-0.2, -0.15) is 0 Å². The first-order valence-electron chi connectivity index (χ1n) is 10.0. The molecule has 152 valence electrons. The lowest BCUT2D eigenvalue weighted by Gasteiger charge is -2.41. The number of aromatic nitrogens is 1. The molecule has 1 aliphatic rings. The number of likely N-dealkylation sites (tertiary alicyclic amines) is 1. The topological polar surface area (TPSA) is 67.6 Å². The third kappa shape index (κ3) is 4.93. The molecule has 1 saturated heterocycles. The average Bonchev–Trinajstić information content (AvgIpc) is 3.03. The largest absolute Gasteiger partial charge is 0.489 e. The van der Waals surface area contributed by atoms with Crippen LogP contribution in [0.5, 0.6) is 5.75 Å². The zero-order chi connectivity index (χ0) is 20.1. The van der Waals surface area contributed by atoms with Gasteiger partial charge in [0.2, 0.25) is 0 Å². The van der Waals surface area contributed by atoms with Gasteiger partial charge in [-0.05, 0) is 77.9 Å². The van der Waals surface area contributed by atoms with Gasteiger partial charge in [0.25, 0.3) is 5.91 Å². The van der Waals surface area contributed by atoms with Gasteiger partial charge >= 0.3 is 0 Å². The van der Waals surface area contributed by atoms with Crippen molar-refractivity contribution >= 4 is 5.91 Å². The van der Waals surface area contributed by atoms with Crippen LogP contribution < -0.4 is 10.1 Å². The van der Waals surface area contributed by atoms with E-state index in [1.807, 2.05) is 26.0 Å². The second-order valence-electron chi connectivity index (χ2n) is 8.16. The van der Waals surface area contributed by atoms with Crippen molar-refractivity contribution in [3.05, 3.63) is 46.8 Å². The van der Waals surface area contributed by atoms with Crippen molar-refractivity contribution in [3.8, 4) is 5.75 Å². The molecule has 1 N–H and O–H groups in total. The van der Waals surface area contributed by atoms with E-state index in [1.54, 1.807) is 12.1 Å². The number of piperidine rings is 1. The van der Waals surface area contributed by atoms with Gasteiger partial charge in [-0.25, -0.2) is 0 Å². The van der Waals surface area contributed by atoms with E-state index in [1.165, 1.54) is 19.3 Å². The molecule has 1 amide bonds. The first-order chi connectivity index (χ1) is 13.4. The van der Waals surface area contributed by atoms with Crippen molar-refractivity contribution in [3.63, 3.8) is 0 Å². The van der Waals surface area contributed by atoms with Crippen molar-refractivity contribution in [2.45, 2.75) is 59.1 Å². The lowest BCUT2D eigenvalue weighted by atomic mass is 9.98. The number of hydrogen-bond donors (Lipinski definition) is 1. The normalized spacial score (nSPS) is 15.4. The zero-order valence-electron chi connectivity index (χ0n) is 17.4. The lowest BCUT2D eigenvalue weighted by molar-refractivity contribution is 0.0797. The quantitative estimate of drug-likeness (QED) is 0.784. The number of carbonyl (C=O) groups excluding carboxylic acids is 1. The first kappa shape index (κ1) is 20.4. The minimum atomic E-state index is -0.0534. The highest BCUT2D eigenvalue weighted by Crippen LogP contribution is 2.21. The third-order valence-electron chi connectivity index (χ3n) is 5.57. The van der Waals surface area contributed by atoms with E-state index >= 15 is 0 Å². The van der Waals surface area contributed by atoms with E-state index in [4.69, 9.17) is 9.26 Å². The van der Waals surface area contributed by atoms with Gasteiger partial charge in [-0.3, -0.25) is 9.69 Å². The van der Waals surface area contributed by atoms with Gasteiger partial charge in [-0.15, -0.1) is 0 Å². The molecule has 0 aliphatic carbocycles. The van der Waals surface area contributed by atoms with Crippen LogP contribution in [0.1, 0.15) is 60.5 Å². The molecule has 1 aliphatic heterocycles. The molecule has 3 rings (SSSR count). The van der Waals surface area contributed by atoms with Crippen LogP contribution in [-0.4, -0.2) is 41.1 Å². The smallest absolute Gasteiger partial charge is 0.251 e. The lowest BCUT2D eigenvalue weighted by Crippen LogP contribution is -2.53. The van der Waals surface area contributed by atoms with E-state index in [0.29, 0.717) is 24.5 Å². The Labute approximate surface area is 167 Å². The summed E-state index contributed by atoms with van der Waals surface area (Å²) in [6, 6.07) is 7.24. The van der Waals surface area contributed by atoms with Gasteiger partial charge in [0.05, 0.1) is 11.3 Å². The first-order valence-corrected chi connectivity index (χ1v) is 10.0. The highest BCUT2D eigenvalue weighted by molar-refractivity contribution is 5.94. The van der Waals surface area contributed by atoms with Crippen LogP contribution in [0.3, 0.4) is 0 Å². The minimum absolute atomic E-state index is 0.0342. The van der Waals surface area contributed by atoms with E-state index in [-0.39, 0.29) is 11.4 Å². The molecule has 0 unspecified atom stereocenters. The molecule has 28 heavy (non-hydrogen) atoms. The molecule has 0 radical (unpaired) electrons. The second-order valence-corrected chi connectivity index (χ2v) is 8.16. The van der Waals surface area contributed by atoms with Gasteiger partial charge in [0.1, 0.15) is 18.1 Å². The summed E-state index contributed by atoms with van der Waals surface area (Å²) in [6.45, 7) is 11.4. The fraction of sp³-hybridized carbons (Fsp3) is 0.545. The number of benzene rings is 1. The Bertz CT molecular complexity index is 770. The van der Waals surface area contributed by atoms with Crippen LogP contribution in [0.15, 0.2) is 28.8 Å². The Morgan fingerprint density at radius 1 is 1.18 bits per heavy atom. The van der Waals surface area contributed by atoms with Crippen LogP contribution in [-0.2, 0) is 6.61 Å². The molecule has 0 spiro atoms. The number of nitrogens with zero attached hydrogens (tertiary/aromatic N) is 2. The van der Waals surface area contributed by atoms with E-state index in [2.05, 4.69) is 29.2 Å². The van der Waals surface area contributed by atoms with Gasteiger partial charge in [0, 0.05) is 17.6 Å². The zero-order valence-corrected chi connectivity index (χ0v) is 17.4. The van der Waals surface area contributed by atoms with Crippen molar-refractivity contribution in [2.24, 2.45) is 0 Å². The fourth-order valence-electron chi connectivity index (χ4n) is 3.58. The maximum atomic E-state index is 12.5. The number of ether oxygens (including phenoxy) is 1. The maximum Gasteiger partial charge on any atom is 0.251 e. The summed E-state index contributed by atoms with van der Waals surface area (Å²) in [5.41, 5.74) is 2.40. The van der Waals surface area contributed by atoms with Gasteiger partial charge in [-0.1, -0.05) is 11.6 Å². The molecular weight excluding hydrogens is 354 g/mol. The predicted molar refractivity (Wildman–Crippen MR) is 109 cm³/mol. The number of aryl methyl sites for hydroxylation is 2. The summed E-state index contributed by atoms with van der Waals surface area (Å²) in [5.74, 6) is 1.43. The number of amides is 1. The molecule has 0 saturated carbocycles. The SMILES string of the molecule is Cc1noc(C)c1COc1ccc(C(=O)NCC(C)(C)N2CCCCC2)cc1. The number of carbonyl (C=O) groups is 1. The van der Waals surface area contributed by atoms with Crippen LogP contribution in [0.2, 0.25) is 0 Å². The summed E-state index contributed by atoms with van der Waals surface area (Å²) in [6.07, 6.45) is 3.79. The van der Waals surface area contributed by atoms with Crippen molar-refractivity contribution in [1.29, 1.82) is 0 Å². The monoisotopic (exact) mass is 385 g/mol. The molecule has 6 nitrogen and oxygen atoms in total. The Hall–Kier alpha value is -2.34. The fourth-order valence-corrected chi connectivity index (χ4v) is 3.58. The summed E-state index contributed by atoms with van der Waals surface area (Å²) < 4.78 is 10.9. The summed E-state index contributed by atoms with van der Waals surface area (Å²) in [7, 11) is 0. The Balaban J connectivity index is 1.52. The summed E-state index contributed by atoms with van der Waals surface area (Å²) >= 11 is 0. The highest BCUT2D eigenvalue weighted by atomic mass is 16.5. The van der Waals surface area contributed by atoms with Crippen LogP contribution >= 0.6 is 0 Å². The molecule has 1 fully saturated rings. The molecule has 0 atom stereocenters. The van der Waals surface area contributed by atoms with E-state index in [0.717, 1.165) is 30.1 Å². The molecule has 0 bridgehead atoms. The van der Waals surface area contributed by atoms with Crippen molar-refractivity contribution < 1.29 is 14.1 Å². The third-order valence-corrected chi connectivity index (χ3v) is 5.57. The molecule has 1 aromatic heterocycles. The number of rotatable bonds is 7. The Morgan fingerprint density at radius 3 is 2.46 bits per heavy atom. The van der Waals surface area contributed by atoms with Crippen LogP contribution in [0.25, 0.3) is 0 Å². The second kappa shape index (κ2) is 8.78. The van der Waals surface area contributed by atoms with Crippen molar-refractivity contribution in [2.75, 3.05) is 19.6 Å². The standard InChI is InChI=1S/C22H31N3O3/c1-16-20(17(2)28-24-16)14-27-19-10-8-18(9-11-19)21(26)23-15-22(3,4)25-12-6-5-7-13-25/h8-11H,5-7,12-15H2,1-4H3,(H,23,26). The molecule has 2 heterocycles. The minimum Gasteiger partial charge on any atom is -0.489 e. The predicted octanol–water partition coefficient (Wildman–Crippen LogP) is 3.86. The maximum absolute atomic E-state index is 12.5. The summed E-state index contributed by atoms with van der Waals surface area (Å²) in [5, 5.41) is 7.01. The Morgan fingerprint density at radius 2 is 1.86 bits per heavy atom. The molecule has 1 aromatic carbocycles. The van der Waals surface area contributed by atoms with Crippen molar-refractivity contribution in [1.82, 2.24) is 15.4 Å². The van der Waals surface area contributed by atoms with E-state index in [9.17, 15) is 4.79 Å². The van der Waals surface area contributed by atoms with Gasteiger partial charge in [0.15, 0.2) is 0 Å². The molecule has 6 heteroatoms. The van der Waals surface area contributed by atoms with Crippen LogP contribution in [0, 0.1) is 13.8 Å². The average molecular weight is 386 g/mol. The number of hydrogen-bond acceptors (Lipinski definition) is 5. The van der Waals surface area contributed by atoms with Gasteiger partial charge < -0.3 is 14.6 Å².